The molecule has 0 bridgehead atoms. The summed E-state index contributed by atoms with van der Waals surface area (Å²) in [5.41, 5.74) is 2.13. The first-order valence-corrected chi connectivity index (χ1v) is 9.92. The first-order chi connectivity index (χ1) is 14.1. The van der Waals surface area contributed by atoms with Gasteiger partial charge in [-0.3, -0.25) is 0 Å². The second-order valence-electron chi connectivity index (χ2n) is 6.60. The third-order valence-corrected chi connectivity index (χ3v) is 4.72. The Morgan fingerprint density at radius 3 is 2.28 bits per heavy atom. The summed E-state index contributed by atoms with van der Waals surface area (Å²) in [5.74, 6) is 0.457. The van der Waals surface area contributed by atoms with Gasteiger partial charge in [0.15, 0.2) is 0 Å². The molecule has 0 radical (unpaired) electrons. The number of piperazine rings is 1. The van der Waals surface area contributed by atoms with Gasteiger partial charge < -0.3 is 24.6 Å². The van der Waals surface area contributed by atoms with Crippen LogP contribution in [0.1, 0.15) is 24.2 Å². The molecule has 2 amide bonds. The number of para-hydroxylation sites is 1. The number of carbonyl (C=O) groups is 2. The zero-order chi connectivity index (χ0) is 20.6. The van der Waals surface area contributed by atoms with Crippen molar-refractivity contribution in [3.8, 4) is 5.75 Å². The first-order valence-electron chi connectivity index (χ1n) is 9.92. The molecule has 3 rings (SSSR count). The van der Waals surface area contributed by atoms with Gasteiger partial charge in [0.05, 0.1) is 24.5 Å². The minimum atomic E-state index is -0.321. The van der Waals surface area contributed by atoms with E-state index in [1.165, 1.54) is 0 Å². The summed E-state index contributed by atoms with van der Waals surface area (Å²) in [4.78, 5) is 28.7. The molecular formula is C22H27N3O4. The fraction of sp³-hybridized carbons (Fsp3) is 0.364. The molecule has 1 heterocycles. The van der Waals surface area contributed by atoms with Crippen LogP contribution in [0, 0.1) is 0 Å². The molecule has 2 aromatic rings. The molecular weight excluding hydrogens is 370 g/mol. The molecule has 1 aliphatic rings. The van der Waals surface area contributed by atoms with Crippen LogP contribution in [0.2, 0.25) is 0 Å². The highest BCUT2D eigenvalue weighted by molar-refractivity contribution is 5.96. The van der Waals surface area contributed by atoms with Crippen molar-refractivity contribution in [1.29, 1.82) is 0 Å². The molecule has 2 aromatic carbocycles. The monoisotopic (exact) mass is 397 g/mol. The van der Waals surface area contributed by atoms with Crippen LogP contribution >= 0.6 is 0 Å². The summed E-state index contributed by atoms with van der Waals surface area (Å²) >= 11 is 0. The third kappa shape index (κ3) is 5.19. The van der Waals surface area contributed by atoms with E-state index in [0.717, 1.165) is 17.1 Å². The molecule has 0 unspecified atom stereocenters. The molecule has 29 heavy (non-hydrogen) atoms. The smallest absolute Gasteiger partial charge is 0.340 e. The molecule has 154 valence electrons. The fourth-order valence-corrected chi connectivity index (χ4v) is 3.28. The highest BCUT2D eigenvalue weighted by Crippen LogP contribution is 2.23. The van der Waals surface area contributed by atoms with E-state index in [4.69, 9.17) is 9.47 Å². The van der Waals surface area contributed by atoms with Crippen LogP contribution in [-0.2, 0) is 4.74 Å². The number of hydrogen-bond acceptors (Lipinski definition) is 5. The highest BCUT2D eigenvalue weighted by atomic mass is 16.5. The molecule has 1 saturated heterocycles. The predicted octanol–water partition coefficient (Wildman–Crippen LogP) is 3.62. The van der Waals surface area contributed by atoms with E-state index < -0.39 is 0 Å². The highest BCUT2D eigenvalue weighted by Gasteiger charge is 2.24. The van der Waals surface area contributed by atoms with Crippen LogP contribution in [-0.4, -0.2) is 56.3 Å². The van der Waals surface area contributed by atoms with Gasteiger partial charge in [-0.2, -0.15) is 0 Å². The lowest BCUT2D eigenvalue weighted by Crippen LogP contribution is -2.50. The number of esters is 1. The maximum atomic E-state index is 12.6. The van der Waals surface area contributed by atoms with Gasteiger partial charge in [0.1, 0.15) is 5.75 Å². The molecule has 7 nitrogen and oxygen atoms in total. The van der Waals surface area contributed by atoms with Gasteiger partial charge in [-0.1, -0.05) is 12.1 Å². The topological polar surface area (TPSA) is 71.1 Å². The second kappa shape index (κ2) is 9.82. The number of carbonyl (C=O) groups excluding carboxylic acids is 2. The molecule has 1 aliphatic heterocycles. The zero-order valence-electron chi connectivity index (χ0n) is 16.9. The number of urea groups is 1. The van der Waals surface area contributed by atoms with Gasteiger partial charge in [0.25, 0.3) is 0 Å². The van der Waals surface area contributed by atoms with Gasteiger partial charge in [0.2, 0.25) is 0 Å². The van der Waals surface area contributed by atoms with E-state index in [-0.39, 0.29) is 12.0 Å². The van der Waals surface area contributed by atoms with Gasteiger partial charge in [-0.15, -0.1) is 0 Å². The van der Waals surface area contributed by atoms with E-state index >= 15 is 0 Å². The van der Waals surface area contributed by atoms with E-state index in [1.54, 1.807) is 17.9 Å². The van der Waals surface area contributed by atoms with Crippen LogP contribution in [0.3, 0.4) is 0 Å². The van der Waals surface area contributed by atoms with Crippen LogP contribution in [0.25, 0.3) is 0 Å². The first kappa shape index (κ1) is 20.5. The average molecular weight is 397 g/mol. The molecule has 1 fully saturated rings. The summed E-state index contributed by atoms with van der Waals surface area (Å²) in [6.45, 7) is 7.10. The standard InChI is InChI=1S/C22H27N3O4/c1-3-28-18-11-9-17(10-12-18)23-22(27)25-15-13-24(14-16-25)20-8-6-5-7-19(20)21(26)29-4-2/h5-12H,3-4,13-16H2,1-2H3,(H,23,27). The summed E-state index contributed by atoms with van der Waals surface area (Å²) in [6.07, 6.45) is 0. The van der Waals surface area contributed by atoms with Gasteiger partial charge >= 0.3 is 12.0 Å². The Balaban J connectivity index is 1.58. The van der Waals surface area contributed by atoms with Crippen molar-refractivity contribution in [3.05, 3.63) is 54.1 Å². The van der Waals surface area contributed by atoms with Crippen molar-refractivity contribution in [2.75, 3.05) is 49.6 Å². The number of nitrogens with one attached hydrogen (secondary N) is 1. The third-order valence-electron chi connectivity index (χ3n) is 4.72. The molecule has 0 aromatic heterocycles. The normalized spacial score (nSPS) is 13.7. The quantitative estimate of drug-likeness (QED) is 0.754. The number of ether oxygens (including phenoxy) is 2. The molecule has 0 saturated carbocycles. The lowest BCUT2D eigenvalue weighted by atomic mass is 10.1. The van der Waals surface area contributed by atoms with Gasteiger partial charge in [0, 0.05) is 31.9 Å². The second-order valence-corrected chi connectivity index (χ2v) is 6.60. The average Bonchev–Trinajstić information content (AvgIpc) is 2.75. The van der Waals surface area contributed by atoms with Crippen molar-refractivity contribution < 1.29 is 19.1 Å². The van der Waals surface area contributed by atoms with Crippen LogP contribution in [0.4, 0.5) is 16.2 Å². The van der Waals surface area contributed by atoms with Crippen molar-refractivity contribution >= 4 is 23.4 Å². The minimum absolute atomic E-state index is 0.132. The fourth-order valence-electron chi connectivity index (χ4n) is 3.28. The number of hydrogen-bond donors (Lipinski definition) is 1. The molecule has 0 atom stereocenters. The minimum Gasteiger partial charge on any atom is -0.494 e. The summed E-state index contributed by atoms with van der Waals surface area (Å²) in [7, 11) is 0. The summed E-state index contributed by atoms with van der Waals surface area (Å²) < 4.78 is 10.6. The SMILES string of the molecule is CCOC(=O)c1ccccc1N1CCN(C(=O)Nc2ccc(OCC)cc2)CC1. The van der Waals surface area contributed by atoms with E-state index in [0.29, 0.717) is 45.0 Å². The Labute approximate surface area is 171 Å². The Kier molecular flexibility index (Phi) is 6.94. The van der Waals surface area contributed by atoms with Crippen molar-refractivity contribution in [1.82, 2.24) is 4.90 Å². The number of benzene rings is 2. The van der Waals surface area contributed by atoms with E-state index in [1.807, 2.05) is 49.4 Å². The predicted molar refractivity (Wildman–Crippen MR) is 113 cm³/mol. The van der Waals surface area contributed by atoms with Crippen LogP contribution in [0.5, 0.6) is 5.75 Å². The van der Waals surface area contributed by atoms with Crippen molar-refractivity contribution in [2.24, 2.45) is 0 Å². The molecule has 0 aliphatic carbocycles. The van der Waals surface area contributed by atoms with Crippen molar-refractivity contribution in [2.45, 2.75) is 13.8 Å². The summed E-state index contributed by atoms with van der Waals surface area (Å²) in [6, 6.07) is 14.6. The maximum Gasteiger partial charge on any atom is 0.340 e. The largest absolute Gasteiger partial charge is 0.494 e. The lowest BCUT2D eigenvalue weighted by Gasteiger charge is -2.36. The number of amides is 2. The number of nitrogens with zero attached hydrogens (tertiary/aromatic N) is 2. The Morgan fingerprint density at radius 2 is 1.62 bits per heavy atom. The number of rotatable bonds is 6. The lowest BCUT2D eigenvalue weighted by molar-refractivity contribution is 0.0527. The van der Waals surface area contributed by atoms with Crippen LogP contribution < -0.4 is 15.0 Å². The molecule has 0 spiro atoms. The Morgan fingerprint density at radius 1 is 0.931 bits per heavy atom. The van der Waals surface area contributed by atoms with Gasteiger partial charge in [-0.05, 0) is 50.2 Å². The van der Waals surface area contributed by atoms with Crippen LogP contribution in [0.15, 0.2) is 48.5 Å². The Hall–Kier alpha value is -3.22. The zero-order valence-corrected chi connectivity index (χ0v) is 16.9. The summed E-state index contributed by atoms with van der Waals surface area (Å²) in [5, 5.41) is 2.92. The maximum absolute atomic E-state index is 12.6. The molecule has 1 N–H and O–H groups in total. The Bertz CT molecular complexity index is 830. The van der Waals surface area contributed by atoms with E-state index in [2.05, 4.69) is 10.2 Å². The number of anilines is 2. The molecule has 7 heteroatoms. The van der Waals surface area contributed by atoms with E-state index in [9.17, 15) is 9.59 Å². The van der Waals surface area contributed by atoms with Gasteiger partial charge in [-0.25, -0.2) is 9.59 Å². The van der Waals surface area contributed by atoms with Crippen molar-refractivity contribution in [3.63, 3.8) is 0 Å².